The van der Waals surface area contributed by atoms with Crippen LogP contribution in [0.25, 0.3) is 11.3 Å². The molecule has 0 fully saturated rings. The van der Waals surface area contributed by atoms with Crippen LogP contribution in [0, 0.1) is 6.92 Å². The molecule has 0 radical (unpaired) electrons. The van der Waals surface area contributed by atoms with Gasteiger partial charge in [-0.25, -0.2) is 4.98 Å². The van der Waals surface area contributed by atoms with Crippen LogP contribution < -0.4 is 10.9 Å². The van der Waals surface area contributed by atoms with Crippen molar-refractivity contribution in [3.05, 3.63) is 52.1 Å². The number of hydrogen-bond donors (Lipinski definition) is 1. The van der Waals surface area contributed by atoms with Gasteiger partial charge in [0.25, 0.3) is 5.56 Å². The molecule has 0 saturated carbocycles. The van der Waals surface area contributed by atoms with E-state index in [2.05, 4.69) is 10.3 Å². The summed E-state index contributed by atoms with van der Waals surface area (Å²) in [4.78, 5) is 16.7. The number of hydrogen-bond acceptors (Lipinski definition) is 3. The standard InChI is InChI=1S/C14H15N3O/c1-10-4-2-3-5-11(10)12-8-14(18)17-7-6-15-9-13(17)16-12/h2-5,8,15H,6-7,9H2,1H3. The quantitative estimate of drug-likeness (QED) is 0.819. The highest BCUT2D eigenvalue weighted by molar-refractivity contribution is 5.62. The molecule has 2 aromatic rings. The van der Waals surface area contributed by atoms with Gasteiger partial charge in [-0.15, -0.1) is 0 Å². The first-order chi connectivity index (χ1) is 8.75. The first kappa shape index (κ1) is 11.2. The number of aromatic nitrogens is 2. The van der Waals surface area contributed by atoms with E-state index in [1.807, 2.05) is 31.2 Å². The van der Waals surface area contributed by atoms with E-state index in [-0.39, 0.29) is 5.56 Å². The van der Waals surface area contributed by atoms with E-state index in [9.17, 15) is 4.79 Å². The molecule has 0 bridgehead atoms. The fourth-order valence-corrected chi connectivity index (χ4v) is 2.32. The molecule has 2 heterocycles. The maximum absolute atomic E-state index is 12.1. The van der Waals surface area contributed by atoms with Gasteiger partial charge in [-0.2, -0.15) is 0 Å². The molecule has 1 aliphatic heterocycles. The molecule has 0 saturated heterocycles. The van der Waals surface area contributed by atoms with E-state index in [0.717, 1.165) is 29.2 Å². The Morgan fingerprint density at radius 3 is 3.00 bits per heavy atom. The number of nitrogens with zero attached hydrogens (tertiary/aromatic N) is 2. The number of nitrogens with one attached hydrogen (secondary N) is 1. The van der Waals surface area contributed by atoms with Gasteiger partial charge in [0.05, 0.1) is 12.2 Å². The fraction of sp³-hybridized carbons (Fsp3) is 0.286. The molecule has 0 amide bonds. The molecule has 0 aliphatic carbocycles. The SMILES string of the molecule is Cc1ccccc1-c1cc(=O)n2c(n1)CNCC2. The topological polar surface area (TPSA) is 46.9 Å². The van der Waals surface area contributed by atoms with E-state index in [0.29, 0.717) is 13.1 Å². The molecule has 0 spiro atoms. The predicted molar refractivity (Wildman–Crippen MR) is 70.4 cm³/mol. The van der Waals surface area contributed by atoms with E-state index in [1.54, 1.807) is 10.6 Å². The summed E-state index contributed by atoms with van der Waals surface area (Å²) in [6.07, 6.45) is 0. The summed E-state index contributed by atoms with van der Waals surface area (Å²) < 4.78 is 1.75. The van der Waals surface area contributed by atoms with Gasteiger partial charge in [-0.1, -0.05) is 24.3 Å². The summed E-state index contributed by atoms with van der Waals surface area (Å²) in [6, 6.07) is 9.64. The highest BCUT2D eigenvalue weighted by atomic mass is 16.1. The fourth-order valence-electron chi connectivity index (χ4n) is 2.32. The molecule has 1 aromatic heterocycles. The molecule has 0 unspecified atom stereocenters. The van der Waals surface area contributed by atoms with Gasteiger partial charge >= 0.3 is 0 Å². The van der Waals surface area contributed by atoms with Crippen LogP contribution in [-0.4, -0.2) is 16.1 Å². The molecule has 4 nitrogen and oxygen atoms in total. The van der Waals surface area contributed by atoms with E-state index < -0.39 is 0 Å². The first-order valence-electron chi connectivity index (χ1n) is 6.13. The summed E-state index contributed by atoms with van der Waals surface area (Å²) in [6.45, 7) is 4.23. The summed E-state index contributed by atoms with van der Waals surface area (Å²) >= 11 is 0. The molecular weight excluding hydrogens is 226 g/mol. The second-order valence-corrected chi connectivity index (χ2v) is 4.54. The van der Waals surface area contributed by atoms with Crippen LogP contribution in [-0.2, 0) is 13.1 Å². The average Bonchev–Trinajstić information content (AvgIpc) is 2.39. The minimum atomic E-state index is 0.0414. The number of rotatable bonds is 1. The molecular formula is C14H15N3O. The van der Waals surface area contributed by atoms with E-state index >= 15 is 0 Å². The summed E-state index contributed by atoms with van der Waals surface area (Å²) in [5, 5.41) is 3.24. The third-order valence-corrected chi connectivity index (χ3v) is 3.30. The Balaban J connectivity index is 2.17. The van der Waals surface area contributed by atoms with E-state index in [4.69, 9.17) is 0 Å². The number of benzene rings is 1. The van der Waals surface area contributed by atoms with Gasteiger partial charge in [0.15, 0.2) is 0 Å². The van der Waals surface area contributed by atoms with Gasteiger partial charge in [-0.3, -0.25) is 9.36 Å². The van der Waals surface area contributed by atoms with Crippen molar-refractivity contribution in [3.63, 3.8) is 0 Å². The molecule has 3 rings (SSSR count). The van der Waals surface area contributed by atoms with Crippen molar-refractivity contribution in [2.45, 2.75) is 20.0 Å². The third kappa shape index (κ3) is 1.84. The van der Waals surface area contributed by atoms with Crippen LogP contribution >= 0.6 is 0 Å². The smallest absolute Gasteiger partial charge is 0.254 e. The van der Waals surface area contributed by atoms with Gasteiger partial charge in [-0.05, 0) is 12.5 Å². The van der Waals surface area contributed by atoms with Crippen molar-refractivity contribution in [2.75, 3.05) is 6.54 Å². The van der Waals surface area contributed by atoms with Crippen LogP contribution in [0.3, 0.4) is 0 Å². The Kier molecular flexibility index (Phi) is 2.72. The van der Waals surface area contributed by atoms with Crippen molar-refractivity contribution in [1.82, 2.24) is 14.9 Å². The zero-order valence-electron chi connectivity index (χ0n) is 10.3. The van der Waals surface area contributed by atoms with Crippen LogP contribution in [0.15, 0.2) is 35.1 Å². The van der Waals surface area contributed by atoms with Crippen LogP contribution in [0.4, 0.5) is 0 Å². The minimum absolute atomic E-state index is 0.0414. The van der Waals surface area contributed by atoms with Gasteiger partial charge in [0.1, 0.15) is 5.82 Å². The van der Waals surface area contributed by atoms with Gasteiger partial charge in [0, 0.05) is 24.7 Å². The van der Waals surface area contributed by atoms with Crippen molar-refractivity contribution in [1.29, 1.82) is 0 Å². The lowest BCUT2D eigenvalue weighted by molar-refractivity contribution is 0.482. The Labute approximate surface area is 105 Å². The molecule has 1 N–H and O–H groups in total. The highest BCUT2D eigenvalue weighted by Gasteiger charge is 2.13. The zero-order valence-corrected chi connectivity index (χ0v) is 10.3. The van der Waals surface area contributed by atoms with Crippen LogP contribution in [0.1, 0.15) is 11.4 Å². The Morgan fingerprint density at radius 2 is 2.17 bits per heavy atom. The van der Waals surface area contributed by atoms with Crippen molar-refractivity contribution in [2.24, 2.45) is 0 Å². The molecule has 92 valence electrons. The molecule has 4 heteroatoms. The monoisotopic (exact) mass is 241 g/mol. The Bertz CT molecular complexity index is 646. The Morgan fingerprint density at radius 1 is 1.33 bits per heavy atom. The highest BCUT2D eigenvalue weighted by Crippen LogP contribution is 2.20. The lowest BCUT2D eigenvalue weighted by Crippen LogP contribution is -2.36. The van der Waals surface area contributed by atoms with Gasteiger partial charge < -0.3 is 5.32 Å². The predicted octanol–water partition coefficient (Wildman–Crippen LogP) is 1.32. The van der Waals surface area contributed by atoms with Gasteiger partial charge in [0.2, 0.25) is 0 Å². The maximum Gasteiger partial charge on any atom is 0.254 e. The lowest BCUT2D eigenvalue weighted by atomic mass is 10.1. The molecule has 1 aliphatic rings. The van der Waals surface area contributed by atoms with Crippen molar-refractivity contribution in [3.8, 4) is 11.3 Å². The van der Waals surface area contributed by atoms with Crippen molar-refractivity contribution < 1.29 is 0 Å². The number of fused-ring (bicyclic) bond motifs is 1. The minimum Gasteiger partial charge on any atom is -0.308 e. The first-order valence-corrected chi connectivity index (χ1v) is 6.13. The van der Waals surface area contributed by atoms with Crippen molar-refractivity contribution >= 4 is 0 Å². The maximum atomic E-state index is 12.1. The summed E-state index contributed by atoms with van der Waals surface area (Å²) in [5.74, 6) is 0.826. The average molecular weight is 241 g/mol. The second-order valence-electron chi connectivity index (χ2n) is 4.54. The lowest BCUT2D eigenvalue weighted by Gasteiger charge is -2.19. The largest absolute Gasteiger partial charge is 0.308 e. The Hall–Kier alpha value is -1.94. The summed E-state index contributed by atoms with van der Waals surface area (Å²) in [5.41, 5.74) is 2.98. The molecule has 18 heavy (non-hydrogen) atoms. The molecule has 0 atom stereocenters. The number of aryl methyl sites for hydroxylation is 1. The third-order valence-electron chi connectivity index (χ3n) is 3.30. The second kappa shape index (κ2) is 4.38. The van der Waals surface area contributed by atoms with Crippen LogP contribution in [0.5, 0.6) is 0 Å². The molecule has 1 aromatic carbocycles. The normalized spacial score (nSPS) is 14.3. The van der Waals surface area contributed by atoms with Crippen LogP contribution in [0.2, 0.25) is 0 Å². The van der Waals surface area contributed by atoms with E-state index in [1.165, 1.54) is 0 Å². The summed E-state index contributed by atoms with van der Waals surface area (Å²) in [7, 11) is 0. The zero-order chi connectivity index (χ0) is 12.5.